The van der Waals surface area contributed by atoms with Gasteiger partial charge in [0.1, 0.15) is 0 Å². The molecule has 26 heavy (non-hydrogen) atoms. The maximum absolute atomic E-state index is 13.9. The molecule has 0 radical (unpaired) electrons. The molecular weight excluding hydrogens is 341 g/mol. The number of ether oxygens (including phenoxy) is 1. The minimum atomic E-state index is -0.813. The van der Waals surface area contributed by atoms with E-state index in [9.17, 15) is 18.0 Å². The normalized spacial score (nSPS) is 19.4. The van der Waals surface area contributed by atoms with Crippen molar-refractivity contribution in [3.63, 3.8) is 0 Å². The molecule has 5 heteroatoms. The molecule has 1 saturated carbocycles. The summed E-state index contributed by atoms with van der Waals surface area (Å²) in [5.74, 6) is -0.363. The highest BCUT2D eigenvalue weighted by atomic mass is 19.1. The second kappa shape index (κ2) is 12.8. The highest BCUT2D eigenvalue weighted by Gasteiger charge is 2.21. The molecule has 2 nitrogen and oxygen atoms in total. The summed E-state index contributed by atoms with van der Waals surface area (Å²) in [6, 6.07) is 4.56. The molecule has 1 fully saturated rings. The van der Waals surface area contributed by atoms with Crippen LogP contribution < -0.4 is 4.74 Å². The monoisotopic (exact) mass is 372 g/mol. The van der Waals surface area contributed by atoms with Crippen LogP contribution in [0.3, 0.4) is 0 Å². The van der Waals surface area contributed by atoms with Gasteiger partial charge in [0.25, 0.3) is 0 Å². The number of hydrogen-bond donors (Lipinski definition) is 0. The number of carbonyl (C=O) groups is 1. The summed E-state index contributed by atoms with van der Waals surface area (Å²) in [5.41, 5.74) is 0.865. The van der Waals surface area contributed by atoms with Crippen LogP contribution in [0.25, 0.3) is 0 Å². The second-order valence-corrected chi connectivity index (χ2v) is 6.58. The number of benzene rings is 1. The Hall–Kier alpha value is -1.52. The third-order valence-corrected chi connectivity index (χ3v) is 4.84. The quantitative estimate of drug-likeness (QED) is 0.400. The van der Waals surface area contributed by atoms with E-state index in [0.717, 1.165) is 44.1 Å². The zero-order valence-electron chi connectivity index (χ0n) is 15.9. The van der Waals surface area contributed by atoms with E-state index in [1.54, 1.807) is 6.07 Å². The van der Waals surface area contributed by atoms with Gasteiger partial charge in [0, 0.05) is 0 Å². The van der Waals surface area contributed by atoms with Crippen LogP contribution in [0.15, 0.2) is 18.2 Å². The molecule has 0 aliphatic heterocycles. The van der Waals surface area contributed by atoms with E-state index < -0.39 is 18.5 Å². The van der Waals surface area contributed by atoms with Gasteiger partial charge in [0.05, 0.1) is 19.8 Å². The average Bonchev–Trinajstić information content (AvgIpc) is 2.65. The Balaban J connectivity index is 0.00000163. The number of alkyl halides is 2. The van der Waals surface area contributed by atoms with E-state index in [1.165, 1.54) is 12.1 Å². The largest absolute Gasteiger partial charge is 0.423 e. The first kappa shape index (κ1) is 22.5. The number of rotatable bonds is 8. The summed E-state index contributed by atoms with van der Waals surface area (Å²) in [7, 11) is 0. The molecule has 0 spiro atoms. The zero-order chi connectivity index (χ0) is 19.4. The fraction of sp³-hybridized carbons (Fsp3) is 0.667. The fourth-order valence-corrected chi connectivity index (χ4v) is 3.37. The minimum Gasteiger partial charge on any atom is -0.423 e. The smallest absolute Gasteiger partial charge is 0.313 e. The predicted molar refractivity (Wildman–Crippen MR) is 98.3 cm³/mol. The highest BCUT2D eigenvalue weighted by Crippen LogP contribution is 2.33. The molecule has 1 aliphatic carbocycles. The van der Waals surface area contributed by atoms with E-state index in [4.69, 9.17) is 4.74 Å². The second-order valence-electron chi connectivity index (χ2n) is 6.58. The number of esters is 1. The summed E-state index contributed by atoms with van der Waals surface area (Å²) in [6.45, 7) is 2.96. The lowest BCUT2D eigenvalue weighted by atomic mass is 9.78. The number of carbonyl (C=O) groups excluding carboxylic acids is 1. The van der Waals surface area contributed by atoms with Crippen molar-refractivity contribution in [2.24, 2.45) is 11.8 Å². The van der Waals surface area contributed by atoms with E-state index in [1.807, 2.05) is 13.8 Å². The Kier molecular flexibility index (Phi) is 11.1. The minimum absolute atomic E-state index is 0.149. The number of halogens is 3. The topological polar surface area (TPSA) is 26.3 Å². The van der Waals surface area contributed by atoms with Crippen LogP contribution in [0.4, 0.5) is 13.2 Å². The molecule has 0 heterocycles. The Morgan fingerprint density at radius 3 is 2.19 bits per heavy atom. The zero-order valence-corrected chi connectivity index (χ0v) is 15.9. The van der Waals surface area contributed by atoms with Crippen molar-refractivity contribution in [1.29, 1.82) is 0 Å². The van der Waals surface area contributed by atoms with Crippen LogP contribution in [0.1, 0.15) is 64.4 Å². The van der Waals surface area contributed by atoms with Crippen molar-refractivity contribution < 1.29 is 22.7 Å². The van der Waals surface area contributed by atoms with Gasteiger partial charge in [-0.15, -0.1) is 0 Å². The van der Waals surface area contributed by atoms with Crippen molar-refractivity contribution >= 4 is 5.97 Å². The first-order chi connectivity index (χ1) is 12.6. The molecule has 0 unspecified atom stereocenters. The maximum Gasteiger partial charge on any atom is 0.313 e. The van der Waals surface area contributed by atoms with Gasteiger partial charge in [-0.25, -0.2) is 4.39 Å². The van der Waals surface area contributed by atoms with E-state index in [2.05, 4.69) is 0 Å². The standard InChI is InChI=1S/C19H25F3O2.C2H6/c20-11-9-15-3-1-14(2-4-15)5-6-16-7-8-18(17(22)13-16)24-19(23)10-12-21;1-2/h7-8,13-15H,1-6,9-12H2;1-2H3. The van der Waals surface area contributed by atoms with Crippen LogP contribution >= 0.6 is 0 Å². The summed E-state index contributed by atoms with van der Waals surface area (Å²) in [4.78, 5) is 11.2. The summed E-state index contributed by atoms with van der Waals surface area (Å²) < 4.78 is 43.1. The Bertz CT molecular complexity index is 526. The third-order valence-electron chi connectivity index (χ3n) is 4.84. The molecule has 0 N–H and O–H groups in total. The van der Waals surface area contributed by atoms with Crippen LogP contribution in [0.2, 0.25) is 0 Å². The van der Waals surface area contributed by atoms with Gasteiger partial charge in [-0.1, -0.05) is 45.6 Å². The van der Waals surface area contributed by atoms with E-state index >= 15 is 0 Å². The summed E-state index contributed by atoms with van der Waals surface area (Å²) in [6.07, 6.45) is 6.49. The summed E-state index contributed by atoms with van der Waals surface area (Å²) in [5, 5.41) is 0. The Morgan fingerprint density at radius 1 is 1.04 bits per heavy atom. The van der Waals surface area contributed by atoms with Gasteiger partial charge >= 0.3 is 5.97 Å². The fourth-order valence-electron chi connectivity index (χ4n) is 3.37. The first-order valence-electron chi connectivity index (χ1n) is 9.73. The molecule has 0 saturated heterocycles. The molecule has 1 aliphatic rings. The first-order valence-corrected chi connectivity index (χ1v) is 9.73. The molecule has 148 valence electrons. The molecule has 2 rings (SSSR count). The number of hydrogen-bond acceptors (Lipinski definition) is 2. The molecule has 0 atom stereocenters. The van der Waals surface area contributed by atoms with Crippen LogP contribution in [0, 0.1) is 17.7 Å². The van der Waals surface area contributed by atoms with Crippen molar-refractivity contribution in [3.8, 4) is 5.75 Å². The molecule has 1 aromatic carbocycles. The van der Waals surface area contributed by atoms with E-state index in [-0.39, 0.29) is 18.8 Å². The lowest BCUT2D eigenvalue weighted by Crippen LogP contribution is -2.15. The molecule has 0 amide bonds. The third kappa shape index (κ3) is 7.79. The van der Waals surface area contributed by atoms with Crippen molar-refractivity contribution in [1.82, 2.24) is 0 Å². The van der Waals surface area contributed by atoms with Crippen LogP contribution in [-0.4, -0.2) is 19.3 Å². The van der Waals surface area contributed by atoms with Crippen molar-refractivity contribution in [3.05, 3.63) is 29.6 Å². The van der Waals surface area contributed by atoms with Gasteiger partial charge in [0.15, 0.2) is 11.6 Å². The summed E-state index contributed by atoms with van der Waals surface area (Å²) >= 11 is 0. The van der Waals surface area contributed by atoms with Gasteiger partial charge < -0.3 is 4.74 Å². The van der Waals surface area contributed by atoms with Crippen LogP contribution in [-0.2, 0) is 11.2 Å². The van der Waals surface area contributed by atoms with Gasteiger partial charge in [-0.2, -0.15) is 0 Å². The molecular formula is C21H31F3O2. The SMILES string of the molecule is CC.O=C(CCF)Oc1ccc(CCC2CCC(CCF)CC2)cc1F. The molecule has 1 aromatic rings. The average molecular weight is 372 g/mol. The predicted octanol–water partition coefficient (Wildman–Crippen LogP) is 6.22. The van der Waals surface area contributed by atoms with Crippen LogP contribution in [0.5, 0.6) is 5.75 Å². The lowest BCUT2D eigenvalue weighted by Gasteiger charge is -2.28. The molecule has 0 bridgehead atoms. The van der Waals surface area contributed by atoms with Crippen molar-refractivity contribution in [2.75, 3.05) is 13.3 Å². The van der Waals surface area contributed by atoms with Gasteiger partial charge in [0.2, 0.25) is 0 Å². The highest BCUT2D eigenvalue weighted by molar-refractivity contribution is 5.72. The Labute approximate surface area is 155 Å². The maximum atomic E-state index is 13.9. The molecule has 0 aromatic heterocycles. The lowest BCUT2D eigenvalue weighted by molar-refractivity contribution is -0.134. The van der Waals surface area contributed by atoms with E-state index in [0.29, 0.717) is 18.3 Å². The number of aryl methyl sites for hydroxylation is 1. The van der Waals surface area contributed by atoms with Gasteiger partial charge in [-0.05, 0) is 48.8 Å². The van der Waals surface area contributed by atoms with Crippen molar-refractivity contribution in [2.45, 2.75) is 65.2 Å². The van der Waals surface area contributed by atoms with Gasteiger partial charge in [-0.3, -0.25) is 13.6 Å². The Morgan fingerprint density at radius 2 is 1.65 bits per heavy atom.